The zero-order chi connectivity index (χ0) is 16.7. The second-order valence-corrected chi connectivity index (χ2v) is 7.82. The molecule has 0 bridgehead atoms. The van der Waals surface area contributed by atoms with E-state index in [1.807, 2.05) is 23.1 Å². The van der Waals surface area contributed by atoms with Crippen molar-refractivity contribution in [3.05, 3.63) is 34.9 Å². The molecule has 1 saturated heterocycles. The lowest BCUT2D eigenvalue weighted by atomic mass is 9.95. The van der Waals surface area contributed by atoms with Gasteiger partial charge >= 0.3 is 0 Å². The van der Waals surface area contributed by atoms with Crippen molar-refractivity contribution in [2.45, 2.75) is 44.1 Å². The summed E-state index contributed by atoms with van der Waals surface area (Å²) in [6.07, 6.45) is 4.74. The monoisotopic (exact) mass is 346 g/mol. The lowest BCUT2D eigenvalue weighted by Crippen LogP contribution is -2.44. The van der Waals surface area contributed by atoms with Crippen molar-refractivity contribution in [1.82, 2.24) is 10.2 Å². The fourth-order valence-corrected chi connectivity index (χ4v) is 3.92. The molecule has 1 heterocycles. The largest absolute Gasteiger partial charge is 0.353 e. The molecule has 0 radical (unpaired) electrons. The lowest BCUT2D eigenvalue weighted by molar-refractivity contribution is -0.136. The molecule has 4 nitrogen and oxygen atoms in total. The fraction of sp³-hybridized carbons (Fsp3) is 0.579. The van der Waals surface area contributed by atoms with Gasteiger partial charge in [-0.25, -0.2) is 0 Å². The smallest absolute Gasteiger partial charge is 0.226 e. The normalized spacial score (nSPS) is 27.0. The molecule has 5 heteroatoms. The number of rotatable bonds is 4. The van der Waals surface area contributed by atoms with E-state index in [0.29, 0.717) is 25.0 Å². The van der Waals surface area contributed by atoms with E-state index < -0.39 is 0 Å². The molecule has 1 aromatic carbocycles. The van der Waals surface area contributed by atoms with E-state index in [1.165, 1.54) is 5.56 Å². The summed E-state index contributed by atoms with van der Waals surface area (Å²) in [4.78, 5) is 26.8. The van der Waals surface area contributed by atoms with Crippen LogP contribution in [0.3, 0.4) is 0 Å². The van der Waals surface area contributed by atoms with Crippen molar-refractivity contribution >= 4 is 23.4 Å². The number of hydrogen-bond donors (Lipinski definition) is 1. The molecule has 0 aromatic heterocycles. The lowest BCUT2D eigenvalue weighted by Gasteiger charge is -2.31. The highest BCUT2D eigenvalue weighted by Crippen LogP contribution is 2.49. The van der Waals surface area contributed by atoms with E-state index in [1.54, 1.807) is 0 Å². The fourth-order valence-electron chi connectivity index (χ4n) is 3.72. The molecule has 1 aliphatic heterocycles. The van der Waals surface area contributed by atoms with Crippen LogP contribution in [-0.4, -0.2) is 35.8 Å². The van der Waals surface area contributed by atoms with E-state index in [0.717, 1.165) is 37.1 Å². The Morgan fingerprint density at radius 2 is 1.88 bits per heavy atom. The van der Waals surface area contributed by atoms with Gasteiger partial charge in [0.05, 0.1) is 0 Å². The number of nitrogens with zero attached hydrogens (tertiary/aromatic N) is 1. The van der Waals surface area contributed by atoms with Crippen LogP contribution in [0.5, 0.6) is 0 Å². The quantitative estimate of drug-likeness (QED) is 0.911. The Morgan fingerprint density at radius 3 is 2.54 bits per heavy atom. The number of likely N-dealkylation sites (tertiary alicyclic amines) is 1. The molecule has 3 aliphatic rings. The summed E-state index contributed by atoms with van der Waals surface area (Å²) in [5.41, 5.74) is 1.17. The van der Waals surface area contributed by atoms with Crippen molar-refractivity contribution in [1.29, 1.82) is 0 Å². The molecule has 0 unspecified atom stereocenters. The van der Waals surface area contributed by atoms with Gasteiger partial charge in [-0.3, -0.25) is 9.59 Å². The van der Waals surface area contributed by atoms with E-state index in [4.69, 9.17) is 11.6 Å². The van der Waals surface area contributed by atoms with Gasteiger partial charge in [0.25, 0.3) is 0 Å². The molecule has 24 heavy (non-hydrogen) atoms. The van der Waals surface area contributed by atoms with Crippen LogP contribution in [0.4, 0.5) is 0 Å². The van der Waals surface area contributed by atoms with Gasteiger partial charge in [-0.05, 0) is 55.7 Å². The molecule has 1 N–H and O–H groups in total. The van der Waals surface area contributed by atoms with Crippen LogP contribution in [0, 0.1) is 11.8 Å². The maximum atomic E-state index is 12.7. The maximum absolute atomic E-state index is 12.7. The molecule has 3 fully saturated rings. The van der Waals surface area contributed by atoms with Crippen molar-refractivity contribution in [3.63, 3.8) is 0 Å². The molecule has 2 aliphatic carbocycles. The third-order valence-electron chi connectivity index (χ3n) is 5.49. The Hall–Kier alpha value is -1.55. The van der Waals surface area contributed by atoms with Gasteiger partial charge in [-0.2, -0.15) is 0 Å². The zero-order valence-electron chi connectivity index (χ0n) is 13.7. The van der Waals surface area contributed by atoms with Crippen molar-refractivity contribution in [3.8, 4) is 0 Å². The van der Waals surface area contributed by atoms with Crippen LogP contribution in [0.15, 0.2) is 24.3 Å². The number of piperidine rings is 1. The van der Waals surface area contributed by atoms with Crippen LogP contribution in [0.25, 0.3) is 0 Å². The molecule has 4 rings (SSSR count). The maximum Gasteiger partial charge on any atom is 0.226 e. The molecule has 2 atom stereocenters. The van der Waals surface area contributed by atoms with Gasteiger partial charge in [0.15, 0.2) is 0 Å². The number of carbonyl (C=O) groups is 2. The SMILES string of the molecule is O=C(NC1CC1)C1CCN(C(=O)[C@H]2C[C@H]2c2cccc(Cl)c2)CC1. The van der Waals surface area contributed by atoms with Gasteiger partial charge in [0.2, 0.25) is 11.8 Å². The Labute approximate surface area is 147 Å². The standard InChI is InChI=1S/C19H23ClN2O2/c20-14-3-1-2-13(10-14)16-11-17(16)19(24)22-8-6-12(7-9-22)18(23)21-15-4-5-15/h1-3,10,12,15-17H,4-9,11H2,(H,21,23)/t16-,17-/m0/s1. The van der Waals surface area contributed by atoms with E-state index >= 15 is 0 Å². The first-order valence-corrected chi connectivity index (χ1v) is 9.34. The molecule has 0 spiro atoms. The second-order valence-electron chi connectivity index (χ2n) is 7.39. The molecule has 128 valence electrons. The minimum absolute atomic E-state index is 0.0811. The molecular weight excluding hydrogens is 324 g/mol. The van der Waals surface area contributed by atoms with Gasteiger partial charge < -0.3 is 10.2 Å². The van der Waals surface area contributed by atoms with E-state index in [2.05, 4.69) is 11.4 Å². The number of benzene rings is 1. The van der Waals surface area contributed by atoms with Gasteiger partial charge in [-0.15, -0.1) is 0 Å². The Balaban J connectivity index is 1.28. The number of nitrogens with one attached hydrogen (secondary N) is 1. The number of amides is 2. The van der Waals surface area contributed by atoms with Crippen LogP contribution >= 0.6 is 11.6 Å². The Bertz CT molecular complexity index is 651. The van der Waals surface area contributed by atoms with Crippen LogP contribution in [0.1, 0.15) is 43.6 Å². The summed E-state index contributed by atoms with van der Waals surface area (Å²) >= 11 is 6.05. The highest BCUT2D eigenvalue weighted by atomic mass is 35.5. The number of carbonyl (C=O) groups excluding carboxylic acids is 2. The Kier molecular flexibility index (Phi) is 4.25. The molecule has 1 aromatic rings. The minimum Gasteiger partial charge on any atom is -0.353 e. The van der Waals surface area contributed by atoms with Crippen molar-refractivity contribution in [2.75, 3.05) is 13.1 Å². The summed E-state index contributed by atoms with van der Waals surface area (Å²) in [7, 11) is 0. The van der Waals surface area contributed by atoms with Gasteiger partial charge in [0.1, 0.15) is 0 Å². The first-order chi connectivity index (χ1) is 11.6. The van der Waals surface area contributed by atoms with Gasteiger partial charge in [-0.1, -0.05) is 23.7 Å². The molecular formula is C19H23ClN2O2. The second kappa shape index (κ2) is 6.40. The summed E-state index contributed by atoms with van der Waals surface area (Å²) in [5, 5.41) is 3.81. The van der Waals surface area contributed by atoms with Crippen molar-refractivity contribution < 1.29 is 9.59 Å². The van der Waals surface area contributed by atoms with Gasteiger partial charge in [0, 0.05) is 36.0 Å². The Morgan fingerprint density at radius 1 is 1.12 bits per heavy atom. The summed E-state index contributed by atoms with van der Waals surface area (Å²) in [6, 6.07) is 8.25. The predicted molar refractivity (Wildman–Crippen MR) is 92.8 cm³/mol. The zero-order valence-corrected chi connectivity index (χ0v) is 14.5. The molecule has 2 saturated carbocycles. The average molecular weight is 347 g/mol. The third-order valence-corrected chi connectivity index (χ3v) is 5.72. The summed E-state index contributed by atoms with van der Waals surface area (Å²) < 4.78 is 0. The van der Waals surface area contributed by atoms with Crippen LogP contribution in [0.2, 0.25) is 5.02 Å². The van der Waals surface area contributed by atoms with E-state index in [-0.39, 0.29) is 23.7 Å². The first kappa shape index (κ1) is 15.9. The number of hydrogen-bond acceptors (Lipinski definition) is 2. The van der Waals surface area contributed by atoms with E-state index in [9.17, 15) is 9.59 Å². The topological polar surface area (TPSA) is 49.4 Å². The first-order valence-electron chi connectivity index (χ1n) is 8.96. The minimum atomic E-state index is 0.0811. The predicted octanol–water partition coefficient (Wildman–Crippen LogP) is 2.96. The highest BCUT2D eigenvalue weighted by molar-refractivity contribution is 6.30. The average Bonchev–Trinajstić information content (AvgIpc) is 3.49. The van der Waals surface area contributed by atoms with Crippen LogP contribution in [-0.2, 0) is 9.59 Å². The third kappa shape index (κ3) is 3.44. The summed E-state index contributed by atoms with van der Waals surface area (Å²) in [6.45, 7) is 1.42. The number of halogens is 1. The van der Waals surface area contributed by atoms with Crippen LogP contribution < -0.4 is 5.32 Å². The van der Waals surface area contributed by atoms with Crippen molar-refractivity contribution in [2.24, 2.45) is 11.8 Å². The highest BCUT2D eigenvalue weighted by Gasteiger charge is 2.46. The summed E-state index contributed by atoms with van der Waals surface area (Å²) in [5.74, 6) is 0.929. The molecule has 2 amide bonds.